The summed E-state index contributed by atoms with van der Waals surface area (Å²) in [6.45, 7) is 0.673. The maximum Gasteiger partial charge on any atom is 0.251 e. The highest BCUT2D eigenvalue weighted by molar-refractivity contribution is 7.08. The number of fused-ring (bicyclic) bond motifs is 1. The van der Waals surface area contributed by atoms with Gasteiger partial charge in [0, 0.05) is 17.5 Å². The molecule has 0 saturated carbocycles. The number of pyridine rings is 1. The zero-order chi connectivity index (χ0) is 22.2. The van der Waals surface area contributed by atoms with Crippen LogP contribution in [-0.4, -0.2) is 17.4 Å². The van der Waals surface area contributed by atoms with E-state index in [1.54, 1.807) is 11.3 Å². The van der Waals surface area contributed by atoms with E-state index < -0.39 is 0 Å². The Labute approximate surface area is 190 Å². The summed E-state index contributed by atoms with van der Waals surface area (Å²) in [7, 11) is 0. The Morgan fingerprint density at radius 2 is 1.94 bits per heavy atom. The number of aromatic nitrogens is 1. The first kappa shape index (κ1) is 21.3. The summed E-state index contributed by atoms with van der Waals surface area (Å²) in [5.41, 5.74) is 4.08. The van der Waals surface area contributed by atoms with E-state index in [2.05, 4.69) is 10.3 Å². The van der Waals surface area contributed by atoms with Crippen LogP contribution in [0.25, 0.3) is 22.6 Å². The van der Waals surface area contributed by atoms with E-state index in [0.29, 0.717) is 24.5 Å². The molecule has 0 bridgehead atoms. The molecule has 158 valence electrons. The molecule has 0 spiro atoms. The number of nitrogens with one attached hydrogen (secondary N) is 1. The van der Waals surface area contributed by atoms with Gasteiger partial charge in [-0.05, 0) is 58.3 Å². The van der Waals surface area contributed by atoms with Crippen LogP contribution in [0.2, 0.25) is 0 Å². The normalized spacial score (nSPS) is 11.2. The van der Waals surface area contributed by atoms with E-state index >= 15 is 0 Å². The van der Waals surface area contributed by atoms with Gasteiger partial charge < -0.3 is 10.1 Å². The van der Waals surface area contributed by atoms with E-state index in [0.717, 1.165) is 27.7 Å². The van der Waals surface area contributed by atoms with Crippen LogP contribution in [-0.2, 0) is 11.4 Å². The fraction of sp³-hybridized carbons (Fsp3) is 0.115. The van der Waals surface area contributed by atoms with Gasteiger partial charge in [0.2, 0.25) is 0 Å². The van der Waals surface area contributed by atoms with Crippen LogP contribution in [0.1, 0.15) is 23.2 Å². The number of carbonyl (C=O) groups excluding carboxylic acids is 1. The lowest BCUT2D eigenvalue weighted by Gasteiger charge is -2.10. The molecule has 4 rings (SSSR count). The van der Waals surface area contributed by atoms with Crippen molar-refractivity contribution in [3.05, 3.63) is 94.3 Å². The SMILES string of the molecule is N#CCCNC(=O)/C(=C/c1ccsc1)c1ccc(OCc2ccc3ccccc3n2)cc1. The molecule has 5 nitrogen and oxygen atoms in total. The molecule has 0 unspecified atom stereocenters. The van der Waals surface area contributed by atoms with E-state index in [1.807, 2.05) is 89.6 Å². The van der Waals surface area contributed by atoms with Crippen LogP contribution in [0, 0.1) is 11.3 Å². The Kier molecular flexibility index (Phi) is 6.91. The van der Waals surface area contributed by atoms with Crippen molar-refractivity contribution in [1.82, 2.24) is 10.3 Å². The van der Waals surface area contributed by atoms with Crippen LogP contribution < -0.4 is 10.1 Å². The largest absolute Gasteiger partial charge is 0.487 e. The smallest absolute Gasteiger partial charge is 0.251 e. The summed E-state index contributed by atoms with van der Waals surface area (Å²) in [5.74, 6) is 0.490. The molecule has 0 atom stereocenters. The van der Waals surface area contributed by atoms with E-state index in [1.165, 1.54) is 0 Å². The minimum Gasteiger partial charge on any atom is -0.487 e. The van der Waals surface area contributed by atoms with E-state index in [-0.39, 0.29) is 12.3 Å². The number of carbonyl (C=O) groups is 1. The van der Waals surface area contributed by atoms with Crippen LogP contribution in [0.15, 0.2) is 77.5 Å². The summed E-state index contributed by atoms with van der Waals surface area (Å²) in [5, 5.41) is 16.6. The molecule has 1 amide bonds. The molecule has 0 fully saturated rings. The second-order valence-electron chi connectivity index (χ2n) is 7.09. The number of nitriles is 1. The standard InChI is InChI=1S/C26H21N3O2S/c27-13-3-14-28-26(30)24(16-19-12-15-32-18-19)20-7-10-23(11-8-20)31-17-22-9-6-21-4-1-2-5-25(21)29-22/h1-2,4-12,15-16,18H,3,14,17H2,(H,28,30)/b24-16+. The van der Waals surface area contributed by atoms with Crippen molar-refractivity contribution in [3.8, 4) is 11.8 Å². The number of hydrogen-bond acceptors (Lipinski definition) is 5. The summed E-state index contributed by atoms with van der Waals surface area (Å²) < 4.78 is 5.90. The van der Waals surface area contributed by atoms with Gasteiger partial charge in [0.15, 0.2) is 0 Å². The molecule has 0 radical (unpaired) electrons. The monoisotopic (exact) mass is 439 g/mol. The van der Waals surface area contributed by atoms with Crippen molar-refractivity contribution in [1.29, 1.82) is 5.26 Å². The molecule has 1 N–H and O–H groups in total. The number of amides is 1. The fourth-order valence-electron chi connectivity index (χ4n) is 3.21. The molecule has 32 heavy (non-hydrogen) atoms. The third-order valence-corrected chi connectivity index (χ3v) is 5.53. The molecule has 0 aliphatic rings. The summed E-state index contributed by atoms with van der Waals surface area (Å²) in [4.78, 5) is 17.4. The second kappa shape index (κ2) is 10.4. The lowest BCUT2D eigenvalue weighted by atomic mass is 10.0. The number of ether oxygens (including phenoxy) is 1. The van der Waals surface area contributed by atoms with Gasteiger partial charge >= 0.3 is 0 Å². The minimum atomic E-state index is -0.208. The van der Waals surface area contributed by atoms with Gasteiger partial charge in [-0.3, -0.25) is 4.79 Å². The molecule has 0 aliphatic carbocycles. The van der Waals surface area contributed by atoms with Crippen LogP contribution in [0.3, 0.4) is 0 Å². The van der Waals surface area contributed by atoms with Gasteiger partial charge in [0.25, 0.3) is 5.91 Å². The maximum atomic E-state index is 12.7. The molecule has 2 heterocycles. The van der Waals surface area contributed by atoms with Gasteiger partial charge in [0.1, 0.15) is 12.4 Å². The predicted octanol–water partition coefficient (Wildman–Crippen LogP) is 5.45. The van der Waals surface area contributed by atoms with Gasteiger partial charge in [-0.2, -0.15) is 16.6 Å². The van der Waals surface area contributed by atoms with Crippen molar-refractivity contribution in [2.45, 2.75) is 13.0 Å². The van der Waals surface area contributed by atoms with Gasteiger partial charge in [-0.25, -0.2) is 4.98 Å². The average Bonchev–Trinajstić information content (AvgIpc) is 3.35. The first-order valence-electron chi connectivity index (χ1n) is 10.2. The Hall–Kier alpha value is -3.95. The highest BCUT2D eigenvalue weighted by Gasteiger charge is 2.12. The van der Waals surface area contributed by atoms with Crippen molar-refractivity contribution in [2.75, 3.05) is 6.54 Å². The zero-order valence-electron chi connectivity index (χ0n) is 17.3. The fourth-order valence-corrected chi connectivity index (χ4v) is 3.83. The molecule has 2 aromatic heterocycles. The molecule has 6 heteroatoms. The first-order chi connectivity index (χ1) is 15.7. The predicted molar refractivity (Wildman–Crippen MR) is 128 cm³/mol. The Bertz CT molecular complexity index is 1270. The molecular formula is C26H21N3O2S. The van der Waals surface area contributed by atoms with Crippen molar-refractivity contribution in [3.63, 3.8) is 0 Å². The molecule has 4 aromatic rings. The summed E-state index contributed by atoms with van der Waals surface area (Å²) in [6, 6.07) is 23.4. The van der Waals surface area contributed by atoms with Crippen LogP contribution in [0.5, 0.6) is 5.75 Å². The number of rotatable bonds is 8. The van der Waals surface area contributed by atoms with Crippen LogP contribution >= 0.6 is 11.3 Å². The third kappa shape index (κ3) is 5.39. The summed E-state index contributed by atoms with van der Waals surface area (Å²) >= 11 is 1.57. The van der Waals surface area contributed by atoms with Crippen molar-refractivity contribution >= 4 is 39.8 Å². The average molecular weight is 440 g/mol. The highest BCUT2D eigenvalue weighted by atomic mass is 32.1. The third-order valence-electron chi connectivity index (χ3n) is 4.83. The molecule has 0 saturated heterocycles. The van der Waals surface area contributed by atoms with E-state index in [4.69, 9.17) is 10.00 Å². The number of nitrogens with zero attached hydrogens (tertiary/aromatic N) is 2. The number of thiophene rings is 1. The second-order valence-corrected chi connectivity index (χ2v) is 7.87. The Morgan fingerprint density at radius 3 is 2.72 bits per heavy atom. The zero-order valence-corrected chi connectivity index (χ0v) is 18.1. The van der Waals surface area contributed by atoms with Gasteiger partial charge in [0.05, 0.1) is 23.7 Å². The number of hydrogen-bond donors (Lipinski definition) is 1. The Balaban J connectivity index is 1.48. The lowest BCUT2D eigenvalue weighted by Crippen LogP contribution is -2.25. The van der Waals surface area contributed by atoms with E-state index in [9.17, 15) is 4.79 Å². The molecule has 0 aliphatic heterocycles. The molecular weight excluding hydrogens is 418 g/mol. The maximum absolute atomic E-state index is 12.7. The first-order valence-corrected chi connectivity index (χ1v) is 11.1. The van der Waals surface area contributed by atoms with Crippen molar-refractivity contribution in [2.24, 2.45) is 0 Å². The lowest BCUT2D eigenvalue weighted by molar-refractivity contribution is -0.115. The molecule has 2 aromatic carbocycles. The number of benzene rings is 2. The minimum absolute atomic E-state index is 0.208. The van der Waals surface area contributed by atoms with Gasteiger partial charge in [-0.15, -0.1) is 0 Å². The quantitative estimate of drug-likeness (QED) is 0.293. The number of para-hydroxylation sites is 1. The summed E-state index contributed by atoms with van der Waals surface area (Å²) in [6.07, 6.45) is 2.13. The topological polar surface area (TPSA) is 75.0 Å². The Morgan fingerprint density at radius 1 is 1.09 bits per heavy atom. The van der Waals surface area contributed by atoms with Crippen LogP contribution in [0.4, 0.5) is 0 Å². The van der Waals surface area contributed by atoms with Gasteiger partial charge in [-0.1, -0.05) is 36.4 Å². The van der Waals surface area contributed by atoms with Crippen molar-refractivity contribution < 1.29 is 9.53 Å². The highest BCUT2D eigenvalue weighted by Crippen LogP contribution is 2.23.